The lowest BCUT2D eigenvalue weighted by Gasteiger charge is -1.96. The Kier molecular flexibility index (Phi) is 2.89. The summed E-state index contributed by atoms with van der Waals surface area (Å²) < 4.78 is 2.82. The zero-order chi connectivity index (χ0) is 10.7. The number of aromatic nitrogens is 2. The van der Waals surface area contributed by atoms with Gasteiger partial charge in [0.2, 0.25) is 0 Å². The smallest absolute Gasteiger partial charge is 0.101 e. The molecule has 0 aliphatic heterocycles. The number of benzene rings is 1. The van der Waals surface area contributed by atoms with Crippen LogP contribution in [0.1, 0.15) is 0 Å². The molecule has 1 heterocycles. The number of nitrogens with zero attached hydrogens (tertiary/aromatic N) is 2. The highest BCUT2D eigenvalue weighted by Crippen LogP contribution is 2.20. The Hall–Kier alpha value is -1.53. The fraction of sp³-hybridized carbons (Fsp3) is 0.0833. The van der Waals surface area contributed by atoms with Crippen molar-refractivity contribution < 1.29 is 0 Å². The van der Waals surface area contributed by atoms with Gasteiger partial charge in [0.25, 0.3) is 0 Å². The molecule has 2 rings (SSSR count). The van der Waals surface area contributed by atoms with Gasteiger partial charge in [-0.15, -0.1) is 6.42 Å². The van der Waals surface area contributed by atoms with Gasteiger partial charge in [0.15, 0.2) is 0 Å². The van der Waals surface area contributed by atoms with Gasteiger partial charge in [0, 0.05) is 16.2 Å². The average Bonchev–Trinajstić information content (AvgIpc) is 2.68. The van der Waals surface area contributed by atoms with E-state index in [2.05, 4.69) is 26.9 Å². The standard InChI is InChI=1S/C12H9BrN2/c1-2-7-15-9-11(8-14-15)10-3-5-12(13)6-4-10/h1,3-6,8-9H,7H2. The maximum absolute atomic E-state index is 5.21. The van der Waals surface area contributed by atoms with Crippen LogP contribution >= 0.6 is 15.9 Å². The van der Waals surface area contributed by atoms with Crippen LogP contribution in [0.4, 0.5) is 0 Å². The molecular formula is C12H9BrN2. The summed E-state index contributed by atoms with van der Waals surface area (Å²) in [5.74, 6) is 2.55. The Morgan fingerprint density at radius 1 is 1.27 bits per heavy atom. The Morgan fingerprint density at radius 3 is 2.67 bits per heavy atom. The number of hydrogen-bond donors (Lipinski definition) is 0. The maximum Gasteiger partial charge on any atom is 0.101 e. The van der Waals surface area contributed by atoms with Crippen molar-refractivity contribution in [1.29, 1.82) is 0 Å². The minimum atomic E-state index is 0.510. The molecule has 0 spiro atoms. The highest BCUT2D eigenvalue weighted by atomic mass is 79.9. The summed E-state index contributed by atoms with van der Waals surface area (Å²) in [4.78, 5) is 0. The Balaban J connectivity index is 2.30. The lowest BCUT2D eigenvalue weighted by Crippen LogP contribution is -1.93. The second-order valence-electron chi connectivity index (χ2n) is 3.14. The summed E-state index contributed by atoms with van der Waals surface area (Å²) >= 11 is 3.40. The van der Waals surface area contributed by atoms with Crippen LogP contribution in [0.2, 0.25) is 0 Å². The van der Waals surface area contributed by atoms with Crippen molar-refractivity contribution in [3.63, 3.8) is 0 Å². The van der Waals surface area contributed by atoms with E-state index in [4.69, 9.17) is 6.42 Å². The summed E-state index contributed by atoms with van der Waals surface area (Å²) in [6.07, 6.45) is 8.98. The first-order valence-corrected chi connectivity index (χ1v) is 5.31. The number of rotatable bonds is 2. The summed E-state index contributed by atoms with van der Waals surface area (Å²) in [6.45, 7) is 0.510. The summed E-state index contributed by atoms with van der Waals surface area (Å²) in [5, 5.41) is 4.17. The minimum Gasteiger partial charge on any atom is -0.260 e. The number of halogens is 1. The summed E-state index contributed by atoms with van der Waals surface area (Å²) in [5.41, 5.74) is 2.22. The van der Waals surface area contributed by atoms with Crippen molar-refractivity contribution in [2.45, 2.75) is 6.54 Å². The van der Waals surface area contributed by atoms with Gasteiger partial charge >= 0.3 is 0 Å². The van der Waals surface area contributed by atoms with E-state index >= 15 is 0 Å². The normalized spacial score (nSPS) is 9.87. The van der Waals surface area contributed by atoms with Crippen LogP contribution < -0.4 is 0 Å². The molecule has 0 saturated heterocycles. The molecule has 0 aliphatic carbocycles. The Bertz CT molecular complexity index is 491. The van der Waals surface area contributed by atoms with E-state index in [0.29, 0.717) is 6.54 Å². The van der Waals surface area contributed by atoms with Crippen LogP contribution in [0.25, 0.3) is 11.1 Å². The van der Waals surface area contributed by atoms with E-state index in [1.165, 1.54) is 0 Å². The van der Waals surface area contributed by atoms with Gasteiger partial charge in [-0.2, -0.15) is 5.10 Å². The number of hydrogen-bond acceptors (Lipinski definition) is 1. The third kappa shape index (κ3) is 2.28. The van der Waals surface area contributed by atoms with Gasteiger partial charge < -0.3 is 0 Å². The first-order valence-electron chi connectivity index (χ1n) is 4.51. The fourth-order valence-corrected chi connectivity index (χ4v) is 1.60. The molecule has 0 fully saturated rings. The van der Waals surface area contributed by atoms with Gasteiger partial charge in [-0.25, -0.2) is 0 Å². The molecule has 0 unspecified atom stereocenters. The number of terminal acetylenes is 1. The van der Waals surface area contributed by atoms with Crippen molar-refractivity contribution in [1.82, 2.24) is 9.78 Å². The predicted octanol–water partition coefficient (Wildman–Crippen LogP) is 2.95. The largest absolute Gasteiger partial charge is 0.260 e. The van der Waals surface area contributed by atoms with E-state index < -0.39 is 0 Å². The lowest BCUT2D eigenvalue weighted by atomic mass is 10.1. The molecule has 0 N–H and O–H groups in total. The highest BCUT2D eigenvalue weighted by Gasteiger charge is 2.00. The Labute approximate surface area is 97.1 Å². The van der Waals surface area contributed by atoms with E-state index in [0.717, 1.165) is 15.6 Å². The molecule has 0 aliphatic rings. The van der Waals surface area contributed by atoms with Crippen molar-refractivity contribution >= 4 is 15.9 Å². The van der Waals surface area contributed by atoms with Gasteiger partial charge in [0.1, 0.15) is 6.54 Å². The molecule has 3 heteroatoms. The van der Waals surface area contributed by atoms with Crippen LogP contribution in [0, 0.1) is 12.3 Å². The molecule has 0 saturated carbocycles. The zero-order valence-corrected chi connectivity index (χ0v) is 9.61. The van der Waals surface area contributed by atoms with Gasteiger partial charge in [-0.05, 0) is 17.7 Å². The van der Waals surface area contributed by atoms with E-state index in [9.17, 15) is 0 Å². The first kappa shape index (κ1) is 10.0. The third-order valence-electron chi connectivity index (χ3n) is 2.06. The van der Waals surface area contributed by atoms with Crippen LogP contribution in [-0.2, 0) is 6.54 Å². The quantitative estimate of drug-likeness (QED) is 0.760. The van der Waals surface area contributed by atoms with Crippen molar-refractivity contribution in [2.24, 2.45) is 0 Å². The second-order valence-corrected chi connectivity index (χ2v) is 4.05. The summed E-state index contributed by atoms with van der Waals surface area (Å²) in [6, 6.07) is 8.10. The minimum absolute atomic E-state index is 0.510. The molecular weight excluding hydrogens is 252 g/mol. The van der Waals surface area contributed by atoms with Crippen LogP contribution in [-0.4, -0.2) is 9.78 Å². The van der Waals surface area contributed by atoms with Crippen LogP contribution in [0.3, 0.4) is 0 Å². The molecule has 2 aromatic rings. The fourth-order valence-electron chi connectivity index (χ4n) is 1.33. The Morgan fingerprint density at radius 2 is 2.00 bits per heavy atom. The zero-order valence-electron chi connectivity index (χ0n) is 8.02. The van der Waals surface area contributed by atoms with E-state index in [-0.39, 0.29) is 0 Å². The van der Waals surface area contributed by atoms with Crippen molar-refractivity contribution in [3.05, 3.63) is 41.1 Å². The van der Waals surface area contributed by atoms with Gasteiger partial charge in [-0.1, -0.05) is 34.0 Å². The monoisotopic (exact) mass is 260 g/mol. The average molecular weight is 261 g/mol. The van der Waals surface area contributed by atoms with E-state index in [1.54, 1.807) is 4.68 Å². The van der Waals surface area contributed by atoms with E-state index in [1.807, 2.05) is 36.7 Å². The molecule has 1 aromatic heterocycles. The molecule has 74 valence electrons. The molecule has 1 aromatic carbocycles. The summed E-state index contributed by atoms with van der Waals surface area (Å²) in [7, 11) is 0. The topological polar surface area (TPSA) is 17.8 Å². The SMILES string of the molecule is C#CCn1cc(-c2ccc(Br)cc2)cn1. The molecule has 0 radical (unpaired) electrons. The molecule has 0 amide bonds. The van der Waals surface area contributed by atoms with Crippen molar-refractivity contribution in [2.75, 3.05) is 0 Å². The van der Waals surface area contributed by atoms with Gasteiger partial charge in [0.05, 0.1) is 6.20 Å². The van der Waals surface area contributed by atoms with Crippen LogP contribution in [0.15, 0.2) is 41.1 Å². The lowest BCUT2D eigenvalue weighted by molar-refractivity contribution is 0.716. The van der Waals surface area contributed by atoms with Crippen LogP contribution in [0.5, 0.6) is 0 Å². The van der Waals surface area contributed by atoms with Crippen molar-refractivity contribution in [3.8, 4) is 23.5 Å². The molecule has 2 nitrogen and oxygen atoms in total. The van der Waals surface area contributed by atoms with Gasteiger partial charge in [-0.3, -0.25) is 4.68 Å². The molecule has 0 atom stereocenters. The highest BCUT2D eigenvalue weighted by molar-refractivity contribution is 9.10. The predicted molar refractivity (Wildman–Crippen MR) is 64.2 cm³/mol. The maximum atomic E-state index is 5.21. The molecule has 0 bridgehead atoms. The first-order chi connectivity index (χ1) is 7.29. The second kappa shape index (κ2) is 4.33. The third-order valence-corrected chi connectivity index (χ3v) is 2.59. The molecule has 15 heavy (non-hydrogen) atoms.